The van der Waals surface area contributed by atoms with Gasteiger partial charge in [0.2, 0.25) is 0 Å². The zero-order chi connectivity index (χ0) is 11.0. The van der Waals surface area contributed by atoms with Gasteiger partial charge in [-0.1, -0.05) is 30.5 Å². The summed E-state index contributed by atoms with van der Waals surface area (Å²) in [6.45, 7) is 1.87. The maximum atomic E-state index is 13.6. The van der Waals surface area contributed by atoms with Gasteiger partial charge in [-0.05, 0) is 30.9 Å². The van der Waals surface area contributed by atoms with Gasteiger partial charge in [-0.25, -0.2) is 4.39 Å². The van der Waals surface area contributed by atoms with Crippen molar-refractivity contribution in [3.05, 3.63) is 34.1 Å². The van der Waals surface area contributed by atoms with Crippen molar-refractivity contribution in [2.75, 3.05) is 0 Å². The molecule has 0 spiro atoms. The summed E-state index contributed by atoms with van der Waals surface area (Å²) < 4.78 is 13.6. The molecule has 0 heterocycles. The van der Waals surface area contributed by atoms with E-state index in [1.165, 1.54) is 18.9 Å². The number of hydrogen-bond acceptors (Lipinski definition) is 1. The quantitative estimate of drug-likeness (QED) is 0.877. The van der Waals surface area contributed by atoms with Gasteiger partial charge in [0.1, 0.15) is 5.82 Å². The summed E-state index contributed by atoms with van der Waals surface area (Å²) >= 11 is 6.08. The largest absolute Gasteiger partial charge is 0.324 e. The number of hydrogen-bond donors (Lipinski definition) is 1. The molecular weight excluding hydrogens is 248 g/mol. The molecule has 1 aliphatic carbocycles. The number of nitrogens with two attached hydrogens (primary N) is 1. The second-order valence-electron chi connectivity index (χ2n) is 4.38. The van der Waals surface area contributed by atoms with Crippen molar-refractivity contribution in [3.8, 4) is 0 Å². The highest BCUT2D eigenvalue weighted by atomic mass is 35.5. The normalized spacial score (nSPS) is 16.8. The lowest BCUT2D eigenvalue weighted by Gasteiger charge is -2.15. The van der Waals surface area contributed by atoms with Crippen LogP contribution in [-0.2, 0) is 0 Å². The molecule has 1 aliphatic rings. The van der Waals surface area contributed by atoms with Crippen LogP contribution in [0.25, 0.3) is 0 Å². The molecule has 2 rings (SSSR count). The van der Waals surface area contributed by atoms with Gasteiger partial charge in [-0.2, -0.15) is 0 Å². The Morgan fingerprint density at radius 3 is 2.69 bits per heavy atom. The second kappa shape index (κ2) is 5.35. The summed E-state index contributed by atoms with van der Waals surface area (Å²) in [6, 6.07) is 2.87. The first-order valence-electron chi connectivity index (χ1n) is 5.29. The molecule has 0 unspecified atom stereocenters. The minimum atomic E-state index is -0.279. The minimum Gasteiger partial charge on any atom is -0.324 e. The maximum Gasteiger partial charge on any atom is 0.129 e. The fourth-order valence-corrected chi connectivity index (χ4v) is 2.14. The van der Waals surface area contributed by atoms with Crippen molar-refractivity contribution in [1.29, 1.82) is 0 Å². The van der Waals surface area contributed by atoms with Crippen LogP contribution in [0.5, 0.6) is 0 Å². The number of benzene rings is 1. The molecule has 1 aromatic rings. The molecule has 1 atom stereocenters. The molecule has 0 aromatic heterocycles. The molecule has 0 radical (unpaired) electrons. The van der Waals surface area contributed by atoms with E-state index >= 15 is 0 Å². The number of rotatable bonds is 3. The minimum absolute atomic E-state index is 0. The first-order valence-corrected chi connectivity index (χ1v) is 5.67. The molecule has 0 amide bonds. The molecule has 16 heavy (non-hydrogen) atoms. The Hall–Kier alpha value is -0.310. The molecule has 4 heteroatoms. The van der Waals surface area contributed by atoms with Crippen molar-refractivity contribution in [1.82, 2.24) is 0 Å². The Bertz CT molecular complexity index is 378. The van der Waals surface area contributed by atoms with Crippen molar-refractivity contribution in [2.45, 2.75) is 32.2 Å². The predicted octanol–water partition coefficient (Wildman–Crippen LogP) is 4.01. The third kappa shape index (κ3) is 2.88. The summed E-state index contributed by atoms with van der Waals surface area (Å²) in [6.07, 6.45) is 3.29. The highest BCUT2D eigenvalue weighted by Gasteiger charge is 2.27. The molecule has 1 saturated carbocycles. The van der Waals surface area contributed by atoms with Crippen LogP contribution >= 0.6 is 24.0 Å². The molecule has 0 bridgehead atoms. The van der Waals surface area contributed by atoms with Crippen molar-refractivity contribution >= 4 is 24.0 Å². The molecule has 1 nitrogen and oxygen atoms in total. The zero-order valence-corrected chi connectivity index (χ0v) is 10.7. The second-order valence-corrected chi connectivity index (χ2v) is 4.76. The lowest BCUT2D eigenvalue weighted by Crippen LogP contribution is -2.14. The van der Waals surface area contributed by atoms with Crippen LogP contribution in [0.3, 0.4) is 0 Å². The van der Waals surface area contributed by atoms with Gasteiger partial charge in [0.15, 0.2) is 0 Å². The Labute approximate surface area is 107 Å². The third-order valence-corrected chi connectivity index (χ3v) is 3.48. The van der Waals surface area contributed by atoms with Gasteiger partial charge in [-0.3, -0.25) is 0 Å². The van der Waals surface area contributed by atoms with E-state index in [1.54, 1.807) is 6.07 Å². The van der Waals surface area contributed by atoms with E-state index in [2.05, 4.69) is 0 Å². The Morgan fingerprint density at radius 2 is 2.12 bits per heavy atom. The Morgan fingerprint density at radius 1 is 1.50 bits per heavy atom. The fourth-order valence-electron chi connectivity index (χ4n) is 1.85. The average molecular weight is 264 g/mol. The lowest BCUT2D eigenvalue weighted by atomic mass is 9.99. The zero-order valence-electron chi connectivity index (χ0n) is 9.17. The maximum absolute atomic E-state index is 13.6. The summed E-state index contributed by atoms with van der Waals surface area (Å²) in [5, 5.41) is 0.489. The van der Waals surface area contributed by atoms with Crippen molar-refractivity contribution in [3.63, 3.8) is 0 Å². The van der Waals surface area contributed by atoms with E-state index < -0.39 is 0 Å². The van der Waals surface area contributed by atoms with E-state index in [9.17, 15) is 4.39 Å². The molecular formula is C12H16Cl2FN. The molecule has 1 fully saturated rings. The number of halogens is 3. The van der Waals surface area contributed by atoms with E-state index in [0.717, 1.165) is 12.0 Å². The van der Waals surface area contributed by atoms with Gasteiger partial charge in [-0.15, -0.1) is 12.4 Å². The van der Waals surface area contributed by atoms with E-state index in [4.69, 9.17) is 17.3 Å². The van der Waals surface area contributed by atoms with E-state index in [-0.39, 0.29) is 24.3 Å². The summed E-state index contributed by atoms with van der Waals surface area (Å²) in [5.74, 6) is 0.398. The summed E-state index contributed by atoms with van der Waals surface area (Å²) in [7, 11) is 0. The smallest absolute Gasteiger partial charge is 0.129 e. The predicted molar refractivity (Wildman–Crippen MR) is 67.7 cm³/mol. The van der Waals surface area contributed by atoms with Crippen molar-refractivity contribution in [2.24, 2.45) is 11.7 Å². The lowest BCUT2D eigenvalue weighted by molar-refractivity contribution is 0.542. The first kappa shape index (κ1) is 13.8. The summed E-state index contributed by atoms with van der Waals surface area (Å²) in [5.41, 5.74) is 7.36. The summed E-state index contributed by atoms with van der Waals surface area (Å²) in [4.78, 5) is 0. The van der Waals surface area contributed by atoms with Gasteiger partial charge >= 0.3 is 0 Å². The first-order chi connectivity index (χ1) is 7.09. The van der Waals surface area contributed by atoms with Crippen LogP contribution in [0, 0.1) is 18.7 Å². The van der Waals surface area contributed by atoms with Crippen LogP contribution in [0.4, 0.5) is 4.39 Å². The third-order valence-electron chi connectivity index (χ3n) is 2.97. The molecule has 1 aromatic carbocycles. The monoisotopic (exact) mass is 263 g/mol. The highest BCUT2D eigenvalue weighted by Crippen LogP contribution is 2.39. The number of aryl methyl sites for hydroxylation is 1. The molecule has 0 saturated heterocycles. The Kier molecular flexibility index (Phi) is 4.60. The SMILES string of the molecule is Cc1ccc(F)c([C@@H](N)CC2CC2)c1Cl.Cl. The average Bonchev–Trinajstić information content (AvgIpc) is 2.96. The van der Waals surface area contributed by atoms with Gasteiger partial charge in [0.25, 0.3) is 0 Å². The topological polar surface area (TPSA) is 26.0 Å². The van der Waals surface area contributed by atoms with E-state index in [0.29, 0.717) is 16.5 Å². The fraction of sp³-hybridized carbons (Fsp3) is 0.500. The van der Waals surface area contributed by atoms with Crippen LogP contribution < -0.4 is 5.73 Å². The molecule has 90 valence electrons. The van der Waals surface area contributed by atoms with E-state index in [1.807, 2.05) is 6.92 Å². The van der Waals surface area contributed by atoms with Crippen LogP contribution in [0.1, 0.15) is 36.4 Å². The van der Waals surface area contributed by atoms with Crippen LogP contribution in [0.2, 0.25) is 5.02 Å². The Balaban J connectivity index is 0.00000128. The van der Waals surface area contributed by atoms with Gasteiger partial charge in [0.05, 0.1) is 5.02 Å². The van der Waals surface area contributed by atoms with Crippen LogP contribution in [0.15, 0.2) is 12.1 Å². The molecule has 0 aliphatic heterocycles. The standard InChI is InChI=1S/C12H15ClFN.ClH/c1-7-2-5-9(14)11(12(7)13)10(15)6-8-3-4-8;/h2,5,8,10H,3-4,6,15H2,1H3;1H/t10-;/m0./s1. The van der Waals surface area contributed by atoms with Gasteiger partial charge < -0.3 is 5.73 Å². The molecule has 2 N–H and O–H groups in total. The van der Waals surface area contributed by atoms with Crippen molar-refractivity contribution < 1.29 is 4.39 Å². The van der Waals surface area contributed by atoms with Crippen LogP contribution in [-0.4, -0.2) is 0 Å². The highest BCUT2D eigenvalue weighted by molar-refractivity contribution is 6.32. The van der Waals surface area contributed by atoms with Gasteiger partial charge in [0, 0.05) is 11.6 Å².